The van der Waals surface area contributed by atoms with Crippen LogP contribution >= 0.6 is 11.6 Å². The highest BCUT2D eigenvalue weighted by Gasteiger charge is 2.12. The number of carbonyl (C=O) groups is 1. The van der Waals surface area contributed by atoms with Crippen molar-refractivity contribution >= 4 is 23.3 Å². The van der Waals surface area contributed by atoms with Crippen molar-refractivity contribution in [2.75, 3.05) is 7.11 Å². The molecule has 0 unspecified atom stereocenters. The Hall–Kier alpha value is -1.81. The molecule has 0 radical (unpaired) electrons. The van der Waals surface area contributed by atoms with Crippen molar-refractivity contribution < 1.29 is 14.6 Å². The zero-order valence-electron chi connectivity index (χ0n) is 9.31. The summed E-state index contributed by atoms with van der Waals surface area (Å²) in [5, 5.41) is 9.09. The first-order chi connectivity index (χ1) is 8.04. The topological polar surface area (TPSA) is 58.9 Å². The Balaban J connectivity index is 3.16. The Labute approximate surface area is 104 Å². The van der Waals surface area contributed by atoms with Crippen LogP contribution in [0.5, 0.6) is 0 Å². The zero-order chi connectivity index (χ0) is 12.8. The Morgan fingerprint density at radius 2 is 2.24 bits per heavy atom. The average Bonchev–Trinajstić information content (AvgIpc) is 2.29. The molecule has 0 atom stereocenters. The zero-order valence-corrected chi connectivity index (χ0v) is 10.1. The number of rotatable bonds is 2. The molecule has 0 spiro atoms. The summed E-state index contributed by atoms with van der Waals surface area (Å²) in [7, 11) is 1.53. The highest BCUT2D eigenvalue weighted by atomic mass is 35.5. The van der Waals surface area contributed by atoms with Crippen LogP contribution in [-0.4, -0.2) is 23.9 Å². The number of aliphatic carboxylic acids is 1. The van der Waals surface area contributed by atoms with E-state index in [2.05, 4.69) is 11.6 Å². The number of hydrogen-bond donors (Lipinski definition) is 1. The van der Waals surface area contributed by atoms with E-state index in [1.807, 2.05) is 0 Å². The molecule has 4 nitrogen and oxygen atoms in total. The molecule has 1 heterocycles. The number of halogens is 1. The summed E-state index contributed by atoms with van der Waals surface area (Å²) in [6.45, 7) is 3.63. The van der Waals surface area contributed by atoms with E-state index in [0.717, 1.165) is 0 Å². The van der Waals surface area contributed by atoms with Crippen LogP contribution in [0.3, 0.4) is 0 Å². The molecule has 1 N–H and O–H groups in total. The van der Waals surface area contributed by atoms with Gasteiger partial charge < -0.3 is 9.84 Å². The van der Waals surface area contributed by atoms with Gasteiger partial charge in [-0.3, -0.25) is 0 Å². The van der Waals surface area contributed by atoms with Gasteiger partial charge >= 0.3 is 5.97 Å². The molecule has 0 amide bonds. The molecule has 17 heavy (non-hydrogen) atoms. The van der Waals surface area contributed by atoms with Crippen molar-refractivity contribution in [1.29, 1.82) is 0 Å². The Kier molecular flexibility index (Phi) is 4.72. The first-order valence-corrected chi connectivity index (χ1v) is 5.21. The molecule has 0 fully saturated rings. The van der Waals surface area contributed by atoms with E-state index in [4.69, 9.17) is 21.4 Å². The van der Waals surface area contributed by atoms with Crippen molar-refractivity contribution in [1.82, 2.24) is 0 Å². The maximum Gasteiger partial charge on any atom is 0.355 e. The van der Waals surface area contributed by atoms with E-state index >= 15 is 0 Å². The lowest BCUT2D eigenvalue weighted by Gasteiger charge is -2.04. The highest BCUT2D eigenvalue weighted by Crippen LogP contribution is 2.13. The van der Waals surface area contributed by atoms with E-state index in [0.29, 0.717) is 12.2 Å². The molecule has 1 aliphatic heterocycles. The van der Waals surface area contributed by atoms with Crippen molar-refractivity contribution in [3.8, 4) is 0 Å². The van der Waals surface area contributed by atoms with Crippen LogP contribution in [-0.2, 0) is 9.53 Å². The smallest absolute Gasteiger partial charge is 0.355 e. The third-order valence-electron chi connectivity index (χ3n) is 2.02. The second kappa shape index (κ2) is 6.06. The maximum absolute atomic E-state index is 11.0. The first-order valence-electron chi connectivity index (χ1n) is 4.83. The molecule has 90 valence electrons. The molecule has 1 aliphatic rings. The van der Waals surface area contributed by atoms with Gasteiger partial charge in [0.15, 0.2) is 5.71 Å². The van der Waals surface area contributed by atoms with Crippen LogP contribution in [0.15, 0.2) is 52.4 Å². The number of nitrogens with zero attached hydrogens (tertiary/aromatic N) is 1. The largest absolute Gasteiger partial charge is 0.497 e. The van der Waals surface area contributed by atoms with Crippen LogP contribution in [0, 0.1) is 0 Å². The van der Waals surface area contributed by atoms with Crippen LogP contribution in [0.1, 0.15) is 6.42 Å². The summed E-state index contributed by atoms with van der Waals surface area (Å²) in [6.07, 6.45) is 7.06. The summed E-state index contributed by atoms with van der Waals surface area (Å²) in [5.41, 5.74) is 0.0775. The lowest BCUT2D eigenvalue weighted by molar-refractivity contribution is -0.129. The Bertz CT molecular complexity index is 458. The van der Waals surface area contributed by atoms with Crippen molar-refractivity contribution in [3.63, 3.8) is 0 Å². The minimum Gasteiger partial charge on any atom is -0.497 e. The van der Waals surface area contributed by atoms with Crippen LogP contribution < -0.4 is 0 Å². The van der Waals surface area contributed by atoms with Crippen molar-refractivity contribution in [2.24, 2.45) is 4.99 Å². The summed E-state index contributed by atoms with van der Waals surface area (Å²) in [5.74, 6) is -0.562. The molecule has 0 aromatic rings. The minimum atomic E-state index is -1.17. The maximum atomic E-state index is 11.0. The van der Waals surface area contributed by atoms with Gasteiger partial charge in [-0.2, -0.15) is 0 Å². The van der Waals surface area contributed by atoms with E-state index in [9.17, 15) is 4.79 Å². The van der Waals surface area contributed by atoms with E-state index in [1.165, 1.54) is 13.2 Å². The molecule has 0 saturated heterocycles. The second-order valence-electron chi connectivity index (χ2n) is 3.20. The van der Waals surface area contributed by atoms with Gasteiger partial charge in [0.1, 0.15) is 10.9 Å². The van der Waals surface area contributed by atoms with Crippen LogP contribution in [0.4, 0.5) is 0 Å². The number of allylic oxidation sites excluding steroid dienone is 4. The fourth-order valence-electron chi connectivity index (χ4n) is 1.16. The van der Waals surface area contributed by atoms with Crippen molar-refractivity contribution in [3.05, 3.63) is 47.4 Å². The van der Waals surface area contributed by atoms with Crippen LogP contribution in [0.2, 0.25) is 0 Å². The third-order valence-corrected chi connectivity index (χ3v) is 2.25. The van der Waals surface area contributed by atoms with Gasteiger partial charge in [-0.1, -0.05) is 18.2 Å². The number of hydrogen-bond acceptors (Lipinski definition) is 3. The number of ether oxygens (including phenoxy) is 1. The number of carboxylic acids is 1. The Morgan fingerprint density at radius 3 is 2.82 bits per heavy atom. The van der Waals surface area contributed by atoms with Crippen molar-refractivity contribution in [2.45, 2.75) is 6.42 Å². The summed E-state index contributed by atoms with van der Waals surface area (Å²) < 4.78 is 5.08. The van der Waals surface area contributed by atoms with Crippen LogP contribution in [0.25, 0.3) is 0 Å². The summed E-state index contributed by atoms with van der Waals surface area (Å²) in [6, 6.07) is 0. The van der Waals surface area contributed by atoms with Gasteiger partial charge in [0.05, 0.1) is 7.11 Å². The highest BCUT2D eigenvalue weighted by molar-refractivity contribution is 6.44. The summed E-state index contributed by atoms with van der Waals surface area (Å²) >= 11 is 5.79. The third kappa shape index (κ3) is 3.92. The van der Waals surface area contributed by atoms with Gasteiger partial charge in [0.2, 0.25) is 0 Å². The average molecular weight is 254 g/mol. The summed E-state index contributed by atoms with van der Waals surface area (Å²) in [4.78, 5) is 14.8. The molecule has 0 aliphatic carbocycles. The second-order valence-corrected chi connectivity index (χ2v) is 3.58. The molecule has 1 rings (SSSR count). The standard InChI is InChI=1S/C12H12ClNO3/c1-8-6-7-9(17-2)4-3-5-10(13)14-11(8)12(15)16/h4-7H,1,3H2,2H3,(H,15,16)/b7-6-,9-4+,10-5-,14-11?. The lowest BCUT2D eigenvalue weighted by Crippen LogP contribution is -2.14. The molecule has 0 aromatic heterocycles. The molecule has 0 saturated carbocycles. The first kappa shape index (κ1) is 13.3. The minimum absolute atomic E-state index is 0.116. The fraction of sp³-hybridized carbons (Fsp3) is 0.167. The monoisotopic (exact) mass is 253 g/mol. The van der Waals surface area contributed by atoms with E-state index in [-0.39, 0.29) is 16.4 Å². The number of methoxy groups -OCH3 is 1. The fourth-order valence-corrected chi connectivity index (χ4v) is 1.34. The van der Waals surface area contributed by atoms with Gasteiger partial charge in [-0.15, -0.1) is 0 Å². The molecular weight excluding hydrogens is 242 g/mol. The van der Waals surface area contributed by atoms with Gasteiger partial charge in [0.25, 0.3) is 0 Å². The molecular formula is C12H12ClNO3. The lowest BCUT2D eigenvalue weighted by atomic mass is 10.1. The van der Waals surface area contributed by atoms with Gasteiger partial charge in [-0.05, 0) is 30.7 Å². The number of carboxylic acid groups (broad SMARTS) is 1. The predicted octanol–water partition coefficient (Wildman–Crippen LogP) is 2.64. The van der Waals surface area contributed by atoms with E-state index in [1.54, 1.807) is 18.2 Å². The molecule has 0 bridgehead atoms. The number of aliphatic imine (C=N–C) groups is 1. The van der Waals surface area contributed by atoms with Gasteiger partial charge in [0, 0.05) is 5.57 Å². The normalized spacial score (nSPS) is 24.8. The SMILES string of the molecule is C=C1/C=C\C(OC)=C/C/C=C(/Cl)N=C1C(=O)O. The Morgan fingerprint density at radius 1 is 1.53 bits per heavy atom. The molecule has 0 aromatic carbocycles. The van der Waals surface area contributed by atoms with Gasteiger partial charge in [-0.25, -0.2) is 9.79 Å². The molecule has 5 heteroatoms. The van der Waals surface area contributed by atoms with E-state index < -0.39 is 5.97 Å². The predicted molar refractivity (Wildman–Crippen MR) is 67.0 cm³/mol. The quantitative estimate of drug-likeness (QED) is 0.770.